The minimum absolute atomic E-state index is 0.0166. The molecule has 0 saturated carbocycles. The van der Waals surface area contributed by atoms with Crippen molar-refractivity contribution in [2.24, 2.45) is 5.73 Å². The van der Waals surface area contributed by atoms with Crippen LogP contribution in [0.5, 0.6) is 0 Å². The number of hydrogen-bond acceptors (Lipinski definition) is 4. The fourth-order valence-electron chi connectivity index (χ4n) is 1.57. The average molecular weight is 251 g/mol. The Morgan fingerprint density at radius 2 is 2.00 bits per heavy atom. The van der Waals surface area contributed by atoms with E-state index >= 15 is 0 Å². The fourth-order valence-corrected chi connectivity index (χ4v) is 1.57. The van der Waals surface area contributed by atoms with Crippen LogP contribution in [-0.4, -0.2) is 16.4 Å². The summed E-state index contributed by atoms with van der Waals surface area (Å²) >= 11 is 0. The molecule has 0 radical (unpaired) electrons. The lowest BCUT2D eigenvalue weighted by Gasteiger charge is -2.22. The standard InChI is InChI=1S/C12H17N3O3/c1-3-8-12(2,13)11(16)14-9-4-6-10(7-5-9)15(17)18/h4-7H,3,8,13H2,1-2H3,(H,14,16). The van der Waals surface area contributed by atoms with Crippen LogP contribution in [0, 0.1) is 10.1 Å². The van der Waals surface area contributed by atoms with Crippen LogP contribution in [-0.2, 0) is 4.79 Å². The second-order valence-electron chi connectivity index (χ2n) is 4.43. The normalized spacial score (nSPS) is 13.7. The molecule has 0 aromatic heterocycles. The van der Waals surface area contributed by atoms with Gasteiger partial charge in [-0.25, -0.2) is 0 Å². The zero-order valence-electron chi connectivity index (χ0n) is 10.5. The number of non-ortho nitro benzene ring substituents is 1. The number of nitro benzene ring substituents is 1. The molecular formula is C12H17N3O3. The highest BCUT2D eigenvalue weighted by molar-refractivity contribution is 5.97. The maximum atomic E-state index is 11.9. The summed E-state index contributed by atoms with van der Waals surface area (Å²) in [6, 6.07) is 5.64. The molecule has 0 aliphatic carbocycles. The molecule has 0 aliphatic heterocycles. The van der Waals surface area contributed by atoms with Crippen molar-refractivity contribution in [1.82, 2.24) is 0 Å². The van der Waals surface area contributed by atoms with E-state index in [1.54, 1.807) is 6.92 Å². The summed E-state index contributed by atoms with van der Waals surface area (Å²) in [5.74, 6) is -0.293. The third-order valence-corrected chi connectivity index (χ3v) is 2.62. The van der Waals surface area contributed by atoms with Gasteiger partial charge in [-0.3, -0.25) is 14.9 Å². The molecule has 1 aromatic carbocycles. The number of carbonyl (C=O) groups excluding carboxylic acids is 1. The summed E-state index contributed by atoms with van der Waals surface area (Å²) in [5.41, 5.74) is 5.42. The van der Waals surface area contributed by atoms with E-state index < -0.39 is 10.5 Å². The first-order chi connectivity index (χ1) is 8.36. The maximum Gasteiger partial charge on any atom is 0.269 e. The van der Waals surface area contributed by atoms with Crippen LogP contribution in [0.15, 0.2) is 24.3 Å². The van der Waals surface area contributed by atoms with Crippen LogP contribution in [0.2, 0.25) is 0 Å². The zero-order valence-corrected chi connectivity index (χ0v) is 10.5. The molecule has 6 heteroatoms. The number of nitrogens with two attached hydrogens (primary N) is 1. The predicted octanol–water partition coefficient (Wildman–Crippen LogP) is 2.05. The van der Waals surface area contributed by atoms with Crippen LogP contribution in [0.25, 0.3) is 0 Å². The largest absolute Gasteiger partial charge is 0.324 e. The summed E-state index contributed by atoms with van der Waals surface area (Å²) in [6.45, 7) is 3.61. The smallest absolute Gasteiger partial charge is 0.269 e. The van der Waals surface area contributed by atoms with E-state index in [-0.39, 0.29) is 11.6 Å². The van der Waals surface area contributed by atoms with Crippen molar-refractivity contribution in [2.45, 2.75) is 32.2 Å². The SMILES string of the molecule is CCCC(C)(N)C(=O)Nc1ccc([N+](=O)[O-])cc1. The minimum atomic E-state index is -0.934. The Morgan fingerprint density at radius 1 is 1.44 bits per heavy atom. The van der Waals surface area contributed by atoms with Gasteiger partial charge >= 0.3 is 0 Å². The summed E-state index contributed by atoms with van der Waals surface area (Å²) in [6.07, 6.45) is 1.38. The number of nitrogens with one attached hydrogen (secondary N) is 1. The van der Waals surface area contributed by atoms with Crippen molar-refractivity contribution in [2.75, 3.05) is 5.32 Å². The number of amides is 1. The molecule has 98 valence electrons. The molecule has 18 heavy (non-hydrogen) atoms. The van der Waals surface area contributed by atoms with E-state index in [1.165, 1.54) is 24.3 Å². The number of nitro groups is 1. The number of hydrogen-bond donors (Lipinski definition) is 2. The van der Waals surface area contributed by atoms with Gasteiger partial charge in [0.15, 0.2) is 0 Å². The lowest BCUT2D eigenvalue weighted by Crippen LogP contribution is -2.48. The predicted molar refractivity (Wildman–Crippen MR) is 69.2 cm³/mol. The van der Waals surface area contributed by atoms with Gasteiger partial charge in [0.05, 0.1) is 10.5 Å². The van der Waals surface area contributed by atoms with Crippen LogP contribution >= 0.6 is 0 Å². The molecule has 0 fully saturated rings. The summed E-state index contributed by atoms with van der Waals surface area (Å²) < 4.78 is 0. The molecule has 1 unspecified atom stereocenters. The number of carbonyl (C=O) groups is 1. The quantitative estimate of drug-likeness (QED) is 0.618. The van der Waals surface area contributed by atoms with E-state index in [9.17, 15) is 14.9 Å². The number of rotatable bonds is 5. The highest BCUT2D eigenvalue weighted by Crippen LogP contribution is 2.17. The van der Waals surface area contributed by atoms with E-state index in [4.69, 9.17) is 5.73 Å². The Kier molecular flexibility index (Phi) is 4.38. The van der Waals surface area contributed by atoms with E-state index in [0.29, 0.717) is 12.1 Å². The van der Waals surface area contributed by atoms with Gasteiger partial charge in [0.25, 0.3) is 5.69 Å². The Balaban J connectivity index is 2.73. The zero-order chi connectivity index (χ0) is 13.8. The summed E-state index contributed by atoms with van der Waals surface area (Å²) in [4.78, 5) is 21.9. The van der Waals surface area contributed by atoms with E-state index in [2.05, 4.69) is 5.32 Å². The van der Waals surface area contributed by atoms with Crippen molar-refractivity contribution in [3.05, 3.63) is 34.4 Å². The molecule has 6 nitrogen and oxygen atoms in total. The average Bonchev–Trinajstić information content (AvgIpc) is 2.29. The van der Waals surface area contributed by atoms with Gasteiger partial charge in [0, 0.05) is 17.8 Å². The second-order valence-corrected chi connectivity index (χ2v) is 4.43. The molecule has 0 aliphatic rings. The van der Waals surface area contributed by atoms with Crippen LogP contribution in [0.3, 0.4) is 0 Å². The summed E-state index contributed by atoms with van der Waals surface area (Å²) in [5, 5.41) is 13.1. The van der Waals surface area contributed by atoms with Crippen LogP contribution < -0.4 is 11.1 Å². The van der Waals surface area contributed by atoms with Gasteiger partial charge in [0.2, 0.25) is 5.91 Å². The maximum absolute atomic E-state index is 11.9. The Labute approximate surface area is 105 Å². The summed E-state index contributed by atoms with van der Waals surface area (Å²) in [7, 11) is 0. The first-order valence-electron chi connectivity index (χ1n) is 5.71. The second kappa shape index (κ2) is 5.59. The van der Waals surface area contributed by atoms with Gasteiger partial charge in [-0.15, -0.1) is 0 Å². The molecule has 0 spiro atoms. The van der Waals surface area contributed by atoms with Crippen LogP contribution in [0.1, 0.15) is 26.7 Å². The Morgan fingerprint density at radius 3 is 2.44 bits per heavy atom. The fraction of sp³-hybridized carbons (Fsp3) is 0.417. The highest BCUT2D eigenvalue weighted by Gasteiger charge is 2.27. The molecule has 0 bridgehead atoms. The Bertz CT molecular complexity index is 440. The molecule has 0 heterocycles. The molecule has 1 rings (SSSR count). The lowest BCUT2D eigenvalue weighted by molar-refractivity contribution is -0.384. The molecule has 0 saturated heterocycles. The van der Waals surface area contributed by atoms with Gasteiger partial charge in [-0.1, -0.05) is 13.3 Å². The number of anilines is 1. The Hall–Kier alpha value is -1.95. The number of benzene rings is 1. The van der Waals surface area contributed by atoms with Crippen molar-refractivity contribution in [1.29, 1.82) is 0 Å². The third-order valence-electron chi connectivity index (χ3n) is 2.62. The van der Waals surface area contributed by atoms with Crippen molar-refractivity contribution in [3.8, 4) is 0 Å². The van der Waals surface area contributed by atoms with Gasteiger partial charge in [-0.2, -0.15) is 0 Å². The third kappa shape index (κ3) is 3.53. The van der Waals surface area contributed by atoms with Gasteiger partial charge in [-0.05, 0) is 25.5 Å². The molecule has 1 amide bonds. The molecule has 3 N–H and O–H groups in total. The van der Waals surface area contributed by atoms with Crippen molar-refractivity contribution < 1.29 is 9.72 Å². The first-order valence-corrected chi connectivity index (χ1v) is 5.71. The minimum Gasteiger partial charge on any atom is -0.324 e. The molecule has 1 aromatic rings. The topological polar surface area (TPSA) is 98.3 Å². The van der Waals surface area contributed by atoms with Crippen molar-refractivity contribution in [3.63, 3.8) is 0 Å². The molecular weight excluding hydrogens is 234 g/mol. The van der Waals surface area contributed by atoms with Crippen molar-refractivity contribution >= 4 is 17.3 Å². The van der Waals surface area contributed by atoms with E-state index in [1.807, 2.05) is 6.92 Å². The van der Waals surface area contributed by atoms with Crippen LogP contribution in [0.4, 0.5) is 11.4 Å². The first kappa shape index (κ1) is 14.1. The highest BCUT2D eigenvalue weighted by atomic mass is 16.6. The van der Waals surface area contributed by atoms with E-state index in [0.717, 1.165) is 6.42 Å². The lowest BCUT2D eigenvalue weighted by atomic mass is 9.96. The van der Waals surface area contributed by atoms with Gasteiger partial charge in [0.1, 0.15) is 0 Å². The molecule has 1 atom stereocenters. The van der Waals surface area contributed by atoms with Gasteiger partial charge < -0.3 is 11.1 Å². The monoisotopic (exact) mass is 251 g/mol. The number of nitrogens with zero attached hydrogens (tertiary/aromatic N) is 1.